The molecular formula is C12H18N4O. The average molecular weight is 234 g/mol. The van der Waals surface area contributed by atoms with Crippen molar-refractivity contribution in [3.8, 4) is 0 Å². The maximum absolute atomic E-state index is 11.2. The standard InChI is InChI=1S/C12H18N4O/c13-12(17)9-2-3-10-7-15-5-1-4-14-11(15)8-16(10)6-9/h6,8,10,14H,1-5,7H2,(H2,13,17). The van der Waals surface area contributed by atoms with Crippen molar-refractivity contribution >= 4 is 5.91 Å². The lowest BCUT2D eigenvalue weighted by molar-refractivity contribution is -0.114. The summed E-state index contributed by atoms with van der Waals surface area (Å²) in [6, 6.07) is 0.488. The van der Waals surface area contributed by atoms with Crippen LogP contribution in [-0.4, -0.2) is 41.4 Å². The molecule has 0 spiro atoms. The molecule has 17 heavy (non-hydrogen) atoms. The van der Waals surface area contributed by atoms with E-state index in [1.807, 2.05) is 6.20 Å². The van der Waals surface area contributed by atoms with Crippen molar-refractivity contribution in [3.63, 3.8) is 0 Å². The molecule has 0 aliphatic carbocycles. The highest BCUT2D eigenvalue weighted by Gasteiger charge is 2.30. The zero-order chi connectivity index (χ0) is 11.8. The highest BCUT2D eigenvalue weighted by Crippen LogP contribution is 2.27. The van der Waals surface area contributed by atoms with Gasteiger partial charge in [0.1, 0.15) is 5.82 Å². The number of fused-ring (bicyclic) bond motifs is 2. The summed E-state index contributed by atoms with van der Waals surface area (Å²) in [4.78, 5) is 15.7. The SMILES string of the molecule is NC(=O)C1=CN2C=C3NCCCN3CC2CC1. The number of rotatable bonds is 1. The van der Waals surface area contributed by atoms with Crippen molar-refractivity contribution in [3.05, 3.63) is 23.8 Å². The van der Waals surface area contributed by atoms with Crippen molar-refractivity contribution in [2.45, 2.75) is 25.3 Å². The van der Waals surface area contributed by atoms with Crippen molar-refractivity contribution in [1.82, 2.24) is 15.1 Å². The maximum Gasteiger partial charge on any atom is 0.246 e. The molecule has 5 heteroatoms. The summed E-state index contributed by atoms with van der Waals surface area (Å²) in [7, 11) is 0. The molecular weight excluding hydrogens is 216 g/mol. The Bertz CT molecular complexity index is 401. The minimum Gasteiger partial charge on any atom is -0.370 e. The first-order chi connectivity index (χ1) is 8.24. The van der Waals surface area contributed by atoms with Crippen LogP contribution in [0.5, 0.6) is 0 Å². The summed E-state index contributed by atoms with van der Waals surface area (Å²) in [6.45, 7) is 3.21. The molecule has 92 valence electrons. The fourth-order valence-corrected chi connectivity index (χ4v) is 2.77. The van der Waals surface area contributed by atoms with Gasteiger partial charge in [-0.05, 0) is 19.3 Å². The van der Waals surface area contributed by atoms with Crippen LogP contribution in [0.25, 0.3) is 0 Å². The second-order valence-electron chi connectivity index (χ2n) is 4.90. The summed E-state index contributed by atoms with van der Waals surface area (Å²) in [5, 5.41) is 3.40. The van der Waals surface area contributed by atoms with Gasteiger partial charge in [0, 0.05) is 37.6 Å². The lowest BCUT2D eigenvalue weighted by atomic mass is 9.98. The van der Waals surface area contributed by atoms with E-state index in [1.165, 1.54) is 12.2 Å². The average Bonchev–Trinajstić information content (AvgIpc) is 2.35. The first kappa shape index (κ1) is 10.5. The van der Waals surface area contributed by atoms with Crippen LogP contribution >= 0.6 is 0 Å². The molecule has 1 saturated heterocycles. The predicted octanol–water partition coefficient (Wildman–Crippen LogP) is -0.0722. The van der Waals surface area contributed by atoms with Crippen LogP contribution in [0.15, 0.2) is 23.8 Å². The number of amides is 1. The lowest BCUT2D eigenvalue weighted by Gasteiger charge is -2.44. The first-order valence-electron chi connectivity index (χ1n) is 6.22. The number of nitrogens with zero attached hydrogens (tertiary/aromatic N) is 2. The van der Waals surface area contributed by atoms with Gasteiger partial charge in [-0.25, -0.2) is 0 Å². The Morgan fingerprint density at radius 3 is 3.18 bits per heavy atom. The molecule has 5 nitrogen and oxygen atoms in total. The van der Waals surface area contributed by atoms with Gasteiger partial charge in [0.05, 0.1) is 6.04 Å². The molecule has 0 saturated carbocycles. The monoisotopic (exact) mass is 234 g/mol. The van der Waals surface area contributed by atoms with E-state index in [1.54, 1.807) is 0 Å². The molecule has 1 unspecified atom stereocenters. The Hall–Kier alpha value is -1.65. The van der Waals surface area contributed by atoms with Crippen molar-refractivity contribution < 1.29 is 4.79 Å². The summed E-state index contributed by atoms with van der Waals surface area (Å²) in [6.07, 6.45) is 7.04. The quantitative estimate of drug-likeness (QED) is 0.666. The van der Waals surface area contributed by atoms with Crippen LogP contribution in [0.3, 0.4) is 0 Å². The molecule has 1 atom stereocenters. The second kappa shape index (κ2) is 3.98. The molecule has 3 heterocycles. The highest BCUT2D eigenvalue weighted by molar-refractivity contribution is 5.91. The summed E-state index contributed by atoms with van der Waals surface area (Å²) >= 11 is 0. The first-order valence-corrected chi connectivity index (χ1v) is 6.22. The summed E-state index contributed by atoms with van der Waals surface area (Å²) in [5.41, 5.74) is 6.08. The highest BCUT2D eigenvalue weighted by atomic mass is 16.1. The van der Waals surface area contributed by atoms with Crippen molar-refractivity contribution in [2.75, 3.05) is 19.6 Å². The minimum absolute atomic E-state index is 0.291. The molecule has 3 aliphatic heterocycles. The van der Waals surface area contributed by atoms with Gasteiger partial charge in [-0.15, -0.1) is 0 Å². The van der Waals surface area contributed by atoms with Gasteiger partial charge in [-0.2, -0.15) is 0 Å². The van der Waals surface area contributed by atoms with Gasteiger partial charge in [0.25, 0.3) is 0 Å². The van der Waals surface area contributed by atoms with Gasteiger partial charge in [-0.3, -0.25) is 4.79 Å². The third kappa shape index (κ3) is 1.85. The van der Waals surface area contributed by atoms with E-state index in [0.29, 0.717) is 6.04 Å². The van der Waals surface area contributed by atoms with Crippen molar-refractivity contribution in [2.24, 2.45) is 5.73 Å². The Kier molecular flexibility index (Phi) is 2.46. The van der Waals surface area contributed by atoms with Gasteiger partial charge in [0.2, 0.25) is 5.91 Å². The number of carbonyl (C=O) groups excluding carboxylic acids is 1. The number of carbonyl (C=O) groups is 1. The molecule has 0 aromatic carbocycles. The van der Waals surface area contributed by atoms with E-state index >= 15 is 0 Å². The van der Waals surface area contributed by atoms with E-state index in [2.05, 4.69) is 21.3 Å². The Morgan fingerprint density at radius 1 is 1.47 bits per heavy atom. The third-order valence-electron chi connectivity index (χ3n) is 3.74. The molecule has 1 fully saturated rings. The minimum atomic E-state index is -0.291. The zero-order valence-electron chi connectivity index (χ0n) is 9.85. The summed E-state index contributed by atoms with van der Waals surface area (Å²) < 4.78 is 0. The molecule has 3 N–H and O–H groups in total. The normalized spacial score (nSPS) is 27.4. The van der Waals surface area contributed by atoms with E-state index in [-0.39, 0.29) is 5.91 Å². The Labute approximate surface area is 101 Å². The topological polar surface area (TPSA) is 61.6 Å². The van der Waals surface area contributed by atoms with Crippen LogP contribution in [0.1, 0.15) is 19.3 Å². The van der Waals surface area contributed by atoms with Crippen molar-refractivity contribution in [1.29, 1.82) is 0 Å². The van der Waals surface area contributed by atoms with Gasteiger partial charge in [-0.1, -0.05) is 0 Å². The van der Waals surface area contributed by atoms with E-state index in [0.717, 1.165) is 38.0 Å². The number of nitrogens with two attached hydrogens (primary N) is 1. The molecule has 3 rings (SSSR count). The smallest absolute Gasteiger partial charge is 0.246 e. The molecule has 0 radical (unpaired) electrons. The number of hydrogen-bond acceptors (Lipinski definition) is 4. The van der Waals surface area contributed by atoms with E-state index < -0.39 is 0 Å². The second-order valence-corrected chi connectivity index (χ2v) is 4.90. The van der Waals surface area contributed by atoms with E-state index in [9.17, 15) is 4.79 Å². The third-order valence-corrected chi connectivity index (χ3v) is 3.74. The molecule has 1 amide bonds. The molecule has 0 aromatic heterocycles. The summed E-state index contributed by atoms with van der Waals surface area (Å²) in [5.74, 6) is 0.885. The van der Waals surface area contributed by atoms with E-state index in [4.69, 9.17) is 5.73 Å². The largest absolute Gasteiger partial charge is 0.370 e. The molecule has 3 aliphatic rings. The van der Waals surface area contributed by atoms with Gasteiger partial charge >= 0.3 is 0 Å². The fraction of sp³-hybridized carbons (Fsp3) is 0.583. The Morgan fingerprint density at radius 2 is 2.35 bits per heavy atom. The number of nitrogens with one attached hydrogen (secondary N) is 1. The predicted molar refractivity (Wildman–Crippen MR) is 64.4 cm³/mol. The van der Waals surface area contributed by atoms with Crippen LogP contribution in [0, 0.1) is 0 Å². The Balaban J connectivity index is 1.86. The van der Waals surface area contributed by atoms with Crippen LogP contribution in [0.2, 0.25) is 0 Å². The lowest BCUT2D eigenvalue weighted by Crippen LogP contribution is -2.51. The van der Waals surface area contributed by atoms with Crippen LogP contribution in [0.4, 0.5) is 0 Å². The number of primary amides is 1. The van der Waals surface area contributed by atoms with Crippen LogP contribution < -0.4 is 11.1 Å². The maximum atomic E-state index is 11.2. The van der Waals surface area contributed by atoms with Gasteiger partial charge in [0.15, 0.2) is 0 Å². The molecule has 0 bridgehead atoms. The molecule has 0 aromatic rings. The van der Waals surface area contributed by atoms with Gasteiger partial charge < -0.3 is 20.9 Å². The fourth-order valence-electron chi connectivity index (χ4n) is 2.77. The van der Waals surface area contributed by atoms with Crippen LogP contribution in [-0.2, 0) is 4.79 Å². The number of hydrogen-bond donors (Lipinski definition) is 2. The zero-order valence-corrected chi connectivity index (χ0v) is 9.85.